The minimum atomic E-state index is -3.35. The van der Waals surface area contributed by atoms with E-state index < -0.39 is 27.7 Å². The molecule has 2 heterocycles. The summed E-state index contributed by atoms with van der Waals surface area (Å²) in [5, 5.41) is 6.45. The third-order valence-electron chi connectivity index (χ3n) is 5.73. The van der Waals surface area contributed by atoms with E-state index in [0.717, 1.165) is 12.1 Å². The quantitative estimate of drug-likeness (QED) is 0.604. The first kappa shape index (κ1) is 20.8. The van der Waals surface area contributed by atoms with Gasteiger partial charge in [-0.2, -0.15) is 0 Å². The Kier molecular flexibility index (Phi) is 5.09. The molecule has 2 N–H and O–H groups in total. The molecule has 1 aliphatic heterocycles. The highest BCUT2D eigenvalue weighted by molar-refractivity contribution is 7.90. The summed E-state index contributed by atoms with van der Waals surface area (Å²) in [5.41, 5.74) is 0.218. The first-order valence-corrected chi connectivity index (χ1v) is 11.8. The minimum Gasteiger partial charge on any atom is -0.354 e. The van der Waals surface area contributed by atoms with Gasteiger partial charge in [0, 0.05) is 24.7 Å². The van der Waals surface area contributed by atoms with Crippen LogP contribution >= 0.6 is 0 Å². The van der Waals surface area contributed by atoms with E-state index in [1.165, 1.54) is 17.0 Å². The molecule has 1 saturated carbocycles. The summed E-state index contributed by atoms with van der Waals surface area (Å²) in [7, 11) is -3.35. The number of hydrogen-bond acceptors (Lipinski definition) is 5. The number of hydrogen-bond donors (Lipinski definition) is 2. The van der Waals surface area contributed by atoms with Gasteiger partial charge in [0.25, 0.3) is 0 Å². The van der Waals surface area contributed by atoms with Crippen molar-refractivity contribution >= 4 is 32.8 Å². The van der Waals surface area contributed by atoms with E-state index in [0.29, 0.717) is 25.8 Å². The maximum absolute atomic E-state index is 14.4. The minimum absolute atomic E-state index is 0.0327. The second kappa shape index (κ2) is 7.82. The molecule has 1 aliphatic carbocycles. The molecule has 11 heteroatoms. The lowest BCUT2D eigenvalue weighted by molar-refractivity contribution is 0.221. The Hall–Kier alpha value is -3.05. The fourth-order valence-corrected chi connectivity index (χ4v) is 5.57. The van der Waals surface area contributed by atoms with Crippen LogP contribution in [0.15, 0.2) is 40.9 Å². The number of halogens is 2. The van der Waals surface area contributed by atoms with Crippen LogP contribution in [0, 0.1) is 11.6 Å². The molecule has 5 rings (SSSR count). The molecule has 2 aromatic carbocycles. The summed E-state index contributed by atoms with van der Waals surface area (Å²) >= 11 is 0. The van der Waals surface area contributed by atoms with Gasteiger partial charge < -0.3 is 9.42 Å². The highest BCUT2D eigenvalue weighted by Crippen LogP contribution is 2.36. The Balaban J connectivity index is 1.38. The molecule has 0 unspecified atom stereocenters. The second-order valence-corrected chi connectivity index (χ2v) is 10.0. The molecule has 0 spiro atoms. The molecule has 0 bridgehead atoms. The molecular weight excluding hydrogens is 442 g/mol. The summed E-state index contributed by atoms with van der Waals surface area (Å²) in [6, 6.07) is 7.39. The number of amides is 2. The highest BCUT2D eigenvalue weighted by atomic mass is 32.2. The van der Waals surface area contributed by atoms with Crippen molar-refractivity contribution in [3.8, 4) is 11.1 Å². The Bertz CT molecular complexity index is 1290. The normalized spacial score (nSPS) is 18.9. The molecule has 168 valence electrons. The SMILES string of the molecule is O=C(Nc1noc2cccc(-c3c(F)cccc3F)c12)N1CC[C@H](NS(=O)(=O)C2CC2)C1. The van der Waals surface area contributed by atoms with Gasteiger partial charge >= 0.3 is 6.03 Å². The van der Waals surface area contributed by atoms with E-state index in [-0.39, 0.29) is 45.8 Å². The highest BCUT2D eigenvalue weighted by Gasteiger charge is 2.39. The molecule has 2 amide bonds. The van der Waals surface area contributed by atoms with Crippen molar-refractivity contribution in [3.63, 3.8) is 0 Å². The molecule has 1 atom stereocenters. The topological polar surface area (TPSA) is 105 Å². The molecule has 0 radical (unpaired) electrons. The van der Waals surface area contributed by atoms with E-state index in [1.54, 1.807) is 12.1 Å². The van der Waals surface area contributed by atoms with Gasteiger partial charge in [0.1, 0.15) is 11.6 Å². The van der Waals surface area contributed by atoms with Crippen LogP contribution in [0.3, 0.4) is 0 Å². The predicted molar refractivity (Wildman–Crippen MR) is 113 cm³/mol. The number of fused-ring (bicyclic) bond motifs is 1. The van der Waals surface area contributed by atoms with Gasteiger partial charge in [-0.3, -0.25) is 5.32 Å². The average Bonchev–Trinajstić information content (AvgIpc) is 3.40. The number of aromatic nitrogens is 1. The number of benzene rings is 2. The zero-order chi connectivity index (χ0) is 22.5. The van der Waals surface area contributed by atoms with Crippen LogP contribution in [0.1, 0.15) is 19.3 Å². The smallest absolute Gasteiger partial charge is 0.323 e. The molecule has 8 nitrogen and oxygen atoms in total. The fraction of sp³-hybridized carbons (Fsp3) is 0.333. The van der Waals surface area contributed by atoms with Gasteiger partial charge in [0.2, 0.25) is 10.0 Å². The first-order chi connectivity index (χ1) is 15.3. The Labute approximate surface area is 182 Å². The number of urea groups is 1. The monoisotopic (exact) mass is 462 g/mol. The third kappa shape index (κ3) is 3.82. The van der Waals surface area contributed by atoms with Crippen LogP contribution < -0.4 is 10.0 Å². The summed E-state index contributed by atoms with van der Waals surface area (Å²) < 4.78 is 61.0. The largest absolute Gasteiger partial charge is 0.354 e. The van der Waals surface area contributed by atoms with Crippen LogP contribution in [0.2, 0.25) is 0 Å². The van der Waals surface area contributed by atoms with Crippen LogP contribution in [0.5, 0.6) is 0 Å². The number of nitrogens with zero attached hydrogens (tertiary/aromatic N) is 2. The van der Waals surface area contributed by atoms with Crippen LogP contribution in [-0.2, 0) is 10.0 Å². The Morgan fingerprint density at radius 3 is 2.53 bits per heavy atom. The van der Waals surface area contributed by atoms with Gasteiger partial charge in [-0.1, -0.05) is 23.4 Å². The van der Waals surface area contributed by atoms with E-state index in [2.05, 4.69) is 15.2 Å². The lowest BCUT2D eigenvalue weighted by Crippen LogP contribution is -2.40. The summed E-state index contributed by atoms with van der Waals surface area (Å²) in [4.78, 5) is 14.3. The van der Waals surface area contributed by atoms with E-state index in [1.807, 2.05) is 0 Å². The van der Waals surface area contributed by atoms with E-state index >= 15 is 0 Å². The first-order valence-electron chi connectivity index (χ1n) is 10.2. The van der Waals surface area contributed by atoms with Crippen molar-refractivity contribution in [2.75, 3.05) is 18.4 Å². The average molecular weight is 462 g/mol. The van der Waals surface area contributed by atoms with Gasteiger partial charge in [-0.25, -0.2) is 26.7 Å². The molecule has 32 heavy (non-hydrogen) atoms. The van der Waals surface area contributed by atoms with Crippen LogP contribution in [0.25, 0.3) is 22.1 Å². The van der Waals surface area contributed by atoms with Crippen molar-refractivity contribution < 1.29 is 26.5 Å². The molecular formula is C21H20F2N4O4S. The number of likely N-dealkylation sites (tertiary alicyclic amines) is 1. The van der Waals surface area contributed by atoms with Crippen molar-refractivity contribution in [2.45, 2.75) is 30.6 Å². The summed E-state index contributed by atoms with van der Waals surface area (Å²) in [5.74, 6) is -1.46. The van der Waals surface area contributed by atoms with Gasteiger partial charge in [0.15, 0.2) is 11.4 Å². The molecule has 1 saturated heterocycles. The van der Waals surface area contributed by atoms with E-state index in [4.69, 9.17) is 4.52 Å². The number of sulfonamides is 1. The van der Waals surface area contributed by atoms with Gasteiger partial charge in [-0.15, -0.1) is 0 Å². The standard InChI is InChI=1S/C21H20F2N4O4S/c22-15-4-2-5-16(23)18(15)14-3-1-6-17-19(14)20(25-31-17)24-21(28)27-10-9-12(11-27)26-32(29,30)13-7-8-13/h1-6,12-13,26H,7-11H2,(H,24,25,28)/t12-/m0/s1. The van der Waals surface area contributed by atoms with E-state index in [9.17, 15) is 22.0 Å². The maximum Gasteiger partial charge on any atom is 0.323 e. The molecule has 1 aromatic heterocycles. The molecule has 3 aromatic rings. The molecule has 2 fully saturated rings. The number of carbonyl (C=O) groups is 1. The Morgan fingerprint density at radius 2 is 1.81 bits per heavy atom. The number of rotatable bonds is 5. The maximum atomic E-state index is 14.4. The lowest BCUT2D eigenvalue weighted by Gasteiger charge is -2.17. The second-order valence-electron chi connectivity index (χ2n) is 8.03. The number of carbonyl (C=O) groups excluding carboxylic acids is 1. The summed E-state index contributed by atoms with van der Waals surface area (Å²) in [6.07, 6.45) is 1.82. The zero-order valence-corrected chi connectivity index (χ0v) is 17.7. The Morgan fingerprint density at radius 1 is 1.09 bits per heavy atom. The number of nitrogens with one attached hydrogen (secondary N) is 2. The zero-order valence-electron chi connectivity index (χ0n) is 16.8. The van der Waals surface area contributed by atoms with Crippen LogP contribution in [-0.4, -0.2) is 48.9 Å². The fourth-order valence-electron chi connectivity index (χ4n) is 3.97. The lowest BCUT2D eigenvalue weighted by atomic mass is 10.0. The number of anilines is 1. The molecule has 2 aliphatic rings. The van der Waals surface area contributed by atoms with Gasteiger partial charge in [0.05, 0.1) is 16.2 Å². The third-order valence-corrected chi connectivity index (χ3v) is 7.74. The van der Waals surface area contributed by atoms with Crippen molar-refractivity contribution in [1.82, 2.24) is 14.8 Å². The van der Waals surface area contributed by atoms with Gasteiger partial charge in [-0.05, 0) is 37.5 Å². The predicted octanol–water partition coefficient (Wildman–Crippen LogP) is 3.46. The van der Waals surface area contributed by atoms with Crippen LogP contribution in [0.4, 0.5) is 19.4 Å². The van der Waals surface area contributed by atoms with Crippen molar-refractivity contribution in [3.05, 3.63) is 48.0 Å². The summed E-state index contributed by atoms with van der Waals surface area (Å²) in [6.45, 7) is 0.566. The van der Waals surface area contributed by atoms with Crippen molar-refractivity contribution in [1.29, 1.82) is 0 Å². The van der Waals surface area contributed by atoms with Crippen molar-refractivity contribution in [2.24, 2.45) is 0 Å².